The Bertz CT molecular complexity index is 1130. The van der Waals surface area contributed by atoms with Crippen LogP contribution in [0.3, 0.4) is 0 Å². The van der Waals surface area contributed by atoms with E-state index in [1.807, 2.05) is 35.0 Å². The number of carbonyl (C=O) groups excluding carboxylic acids is 1. The molecule has 0 spiro atoms. The first-order valence-corrected chi connectivity index (χ1v) is 12.9. The monoisotopic (exact) mass is 549 g/mol. The van der Waals surface area contributed by atoms with Crippen molar-refractivity contribution in [2.24, 2.45) is 0 Å². The number of halogens is 2. The lowest BCUT2D eigenvalue weighted by Gasteiger charge is -2.26. The molecule has 3 aromatic rings. The van der Waals surface area contributed by atoms with Gasteiger partial charge in [0.25, 0.3) is 0 Å². The lowest BCUT2D eigenvalue weighted by Crippen LogP contribution is -2.38. The van der Waals surface area contributed by atoms with Gasteiger partial charge < -0.3 is 4.57 Å². The zero-order valence-corrected chi connectivity index (χ0v) is 19.5. The molecule has 142 valence electrons. The zero-order chi connectivity index (χ0) is 19.3. The number of fused-ring (bicyclic) bond motifs is 1. The van der Waals surface area contributed by atoms with Gasteiger partial charge in [0.05, 0.1) is 24.4 Å². The van der Waals surface area contributed by atoms with Crippen LogP contribution in [0.1, 0.15) is 23.2 Å². The molecule has 1 unspecified atom stereocenters. The van der Waals surface area contributed by atoms with Crippen molar-refractivity contribution in [3.05, 3.63) is 48.7 Å². The zero-order valence-electron chi connectivity index (χ0n) is 13.9. The molecular weight excluding hydrogens is 538 g/mol. The molecule has 0 radical (unpaired) electrons. The summed E-state index contributed by atoms with van der Waals surface area (Å²) in [5.41, 5.74) is 0.768. The Morgan fingerprint density at radius 1 is 1.15 bits per heavy atom. The molecule has 0 saturated heterocycles. The standard InChI is InChI=1S/C16H13Br2N3O3S3/c1-27(23,24)21-14(22)6-7-20-8-9(10-2-4-12(17)25-10)19-16(20)15(21)11-3-5-13(18)26-11/h2-5,8,15H,6-7H2,1H3. The molecule has 1 atom stereocenters. The van der Waals surface area contributed by atoms with Gasteiger partial charge in [-0.15, -0.1) is 22.7 Å². The average Bonchev–Trinajstić information content (AvgIpc) is 3.27. The Morgan fingerprint density at radius 3 is 2.44 bits per heavy atom. The molecule has 0 N–H and O–H groups in total. The highest BCUT2D eigenvalue weighted by molar-refractivity contribution is 9.11. The summed E-state index contributed by atoms with van der Waals surface area (Å²) in [6.07, 6.45) is 3.06. The minimum atomic E-state index is -3.76. The first-order valence-electron chi connectivity index (χ1n) is 7.84. The molecule has 0 saturated carbocycles. The van der Waals surface area contributed by atoms with Gasteiger partial charge in [-0.05, 0) is 56.1 Å². The molecule has 1 amide bonds. The van der Waals surface area contributed by atoms with Crippen LogP contribution in [0.25, 0.3) is 10.6 Å². The fourth-order valence-corrected chi connectivity index (χ4v) is 7.04. The summed E-state index contributed by atoms with van der Waals surface area (Å²) in [4.78, 5) is 19.1. The maximum atomic E-state index is 12.7. The molecule has 4 heterocycles. The Hall–Kier alpha value is -1.01. The Balaban J connectivity index is 1.92. The van der Waals surface area contributed by atoms with E-state index in [-0.39, 0.29) is 6.42 Å². The van der Waals surface area contributed by atoms with E-state index in [2.05, 4.69) is 31.9 Å². The second-order valence-corrected chi connectivity index (χ2v) is 12.8. The van der Waals surface area contributed by atoms with Gasteiger partial charge in [0.15, 0.2) is 0 Å². The Morgan fingerprint density at radius 2 is 1.85 bits per heavy atom. The number of nitrogens with zero attached hydrogens (tertiary/aromatic N) is 3. The molecular formula is C16H13Br2N3O3S3. The topological polar surface area (TPSA) is 72.3 Å². The van der Waals surface area contributed by atoms with Crippen molar-refractivity contribution in [3.63, 3.8) is 0 Å². The van der Waals surface area contributed by atoms with Crippen LogP contribution in [0, 0.1) is 0 Å². The van der Waals surface area contributed by atoms with Gasteiger partial charge in [-0.25, -0.2) is 17.7 Å². The SMILES string of the molecule is CS(=O)(=O)N1C(=O)CCn2cc(-c3ccc(Br)s3)nc2C1c1ccc(Br)s1. The van der Waals surface area contributed by atoms with Crippen molar-refractivity contribution in [1.82, 2.24) is 13.9 Å². The fourth-order valence-electron chi connectivity index (χ4n) is 3.07. The molecule has 6 nitrogen and oxygen atoms in total. The summed E-state index contributed by atoms with van der Waals surface area (Å²) in [7, 11) is -3.76. The number of rotatable bonds is 3. The molecule has 3 aromatic heterocycles. The number of sulfonamides is 1. The quantitative estimate of drug-likeness (QED) is 0.482. The number of aromatic nitrogens is 2. The van der Waals surface area contributed by atoms with Gasteiger partial charge in [-0.3, -0.25) is 4.79 Å². The van der Waals surface area contributed by atoms with Gasteiger partial charge in [0.2, 0.25) is 15.9 Å². The smallest absolute Gasteiger partial charge is 0.238 e. The molecule has 0 aliphatic carbocycles. The van der Waals surface area contributed by atoms with Gasteiger partial charge in [-0.2, -0.15) is 0 Å². The van der Waals surface area contributed by atoms with Crippen LogP contribution in [-0.2, 0) is 21.4 Å². The van der Waals surface area contributed by atoms with E-state index in [0.29, 0.717) is 12.4 Å². The highest BCUT2D eigenvalue weighted by Gasteiger charge is 2.39. The third-order valence-electron chi connectivity index (χ3n) is 4.15. The maximum Gasteiger partial charge on any atom is 0.238 e. The van der Waals surface area contributed by atoms with Gasteiger partial charge >= 0.3 is 0 Å². The number of amides is 1. The van der Waals surface area contributed by atoms with E-state index < -0.39 is 22.0 Å². The van der Waals surface area contributed by atoms with E-state index in [1.54, 1.807) is 11.3 Å². The first-order chi connectivity index (χ1) is 12.7. The number of imidazole rings is 1. The van der Waals surface area contributed by atoms with E-state index in [4.69, 9.17) is 4.98 Å². The van der Waals surface area contributed by atoms with Crippen LogP contribution in [0.4, 0.5) is 0 Å². The van der Waals surface area contributed by atoms with Crippen LogP contribution in [-0.4, -0.2) is 34.4 Å². The average molecular weight is 551 g/mol. The van der Waals surface area contributed by atoms with Crippen LogP contribution in [0.5, 0.6) is 0 Å². The summed E-state index contributed by atoms with van der Waals surface area (Å²) < 4.78 is 29.7. The fraction of sp³-hybridized carbons (Fsp3) is 0.250. The van der Waals surface area contributed by atoms with Crippen molar-refractivity contribution in [1.29, 1.82) is 0 Å². The molecule has 1 aliphatic rings. The number of hydrogen-bond donors (Lipinski definition) is 0. The number of thiophene rings is 2. The van der Waals surface area contributed by atoms with E-state index in [1.165, 1.54) is 11.3 Å². The van der Waals surface area contributed by atoms with Crippen molar-refractivity contribution >= 4 is 70.5 Å². The molecule has 27 heavy (non-hydrogen) atoms. The highest BCUT2D eigenvalue weighted by Crippen LogP contribution is 2.40. The van der Waals surface area contributed by atoms with Crippen LogP contribution < -0.4 is 0 Å². The van der Waals surface area contributed by atoms with E-state index >= 15 is 0 Å². The number of aryl methyl sites for hydroxylation is 1. The number of carbonyl (C=O) groups is 1. The Labute approximate surface area is 181 Å². The highest BCUT2D eigenvalue weighted by atomic mass is 79.9. The van der Waals surface area contributed by atoms with Gasteiger partial charge in [-0.1, -0.05) is 0 Å². The predicted molar refractivity (Wildman–Crippen MR) is 113 cm³/mol. The van der Waals surface area contributed by atoms with Crippen molar-refractivity contribution in [2.45, 2.75) is 19.0 Å². The molecule has 0 fully saturated rings. The van der Waals surface area contributed by atoms with Crippen LogP contribution in [0.15, 0.2) is 38.0 Å². The van der Waals surface area contributed by atoms with E-state index in [9.17, 15) is 13.2 Å². The summed E-state index contributed by atoms with van der Waals surface area (Å²) >= 11 is 9.83. The third kappa shape index (κ3) is 3.67. The number of hydrogen-bond acceptors (Lipinski definition) is 6. The molecule has 11 heteroatoms. The van der Waals surface area contributed by atoms with Crippen LogP contribution >= 0.6 is 54.5 Å². The lowest BCUT2D eigenvalue weighted by atomic mass is 10.2. The van der Waals surface area contributed by atoms with Crippen molar-refractivity contribution in [2.75, 3.05) is 6.26 Å². The van der Waals surface area contributed by atoms with Crippen molar-refractivity contribution < 1.29 is 13.2 Å². The molecule has 0 aromatic carbocycles. The van der Waals surface area contributed by atoms with Gasteiger partial charge in [0.1, 0.15) is 11.9 Å². The minimum absolute atomic E-state index is 0.104. The molecule has 4 rings (SSSR count). The predicted octanol–water partition coefficient (Wildman–Crippen LogP) is 4.48. The second kappa shape index (κ2) is 7.11. The minimum Gasteiger partial charge on any atom is -0.332 e. The first kappa shape index (κ1) is 19.3. The van der Waals surface area contributed by atoms with E-state index in [0.717, 1.165) is 33.6 Å². The maximum absolute atomic E-state index is 12.7. The lowest BCUT2D eigenvalue weighted by molar-refractivity contribution is -0.127. The van der Waals surface area contributed by atoms with Crippen LogP contribution in [0.2, 0.25) is 0 Å². The summed E-state index contributed by atoms with van der Waals surface area (Å²) in [5, 5.41) is 0. The molecule has 1 aliphatic heterocycles. The summed E-state index contributed by atoms with van der Waals surface area (Å²) in [5.74, 6) is 0.137. The largest absolute Gasteiger partial charge is 0.332 e. The molecule has 0 bridgehead atoms. The summed E-state index contributed by atoms with van der Waals surface area (Å²) in [6.45, 7) is 0.392. The normalized spacial score (nSPS) is 17.8. The second-order valence-electron chi connectivity index (χ2n) is 6.03. The van der Waals surface area contributed by atoms with Gasteiger partial charge in [0, 0.05) is 24.0 Å². The third-order valence-corrected chi connectivity index (χ3v) is 8.60. The summed E-state index contributed by atoms with van der Waals surface area (Å²) in [6, 6.07) is 6.82. The Kier molecular flexibility index (Phi) is 5.08. The van der Waals surface area contributed by atoms with Crippen molar-refractivity contribution in [3.8, 4) is 10.6 Å².